The van der Waals surface area contributed by atoms with Gasteiger partial charge in [0.05, 0.1) is 5.71 Å². The van der Waals surface area contributed by atoms with Gasteiger partial charge in [0, 0.05) is 0 Å². The summed E-state index contributed by atoms with van der Waals surface area (Å²) < 4.78 is 25.6. The summed E-state index contributed by atoms with van der Waals surface area (Å²) in [6, 6.07) is 0. The Balaban J connectivity index is 2.49. The van der Waals surface area contributed by atoms with Crippen molar-refractivity contribution in [2.24, 2.45) is 15.9 Å². The SMILES string of the molecule is CC1=NC(=O)C2C=C(F)C(F)=CC2=N1. The molecular formula is C9H6F2N2O. The lowest BCUT2D eigenvalue weighted by atomic mass is 9.95. The quantitative estimate of drug-likeness (QED) is 0.581. The van der Waals surface area contributed by atoms with Crippen LogP contribution in [-0.2, 0) is 4.79 Å². The second-order valence-corrected chi connectivity index (χ2v) is 3.02. The van der Waals surface area contributed by atoms with Gasteiger partial charge in [-0.1, -0.05) is 0 Å². The summed E-state index contributed by atoms with van der Waals surface area (Å²) in [6.07, 6.45) is 1.82. The summed E-state index contributed by atoms with van der Waals surface area (Å²) in [5.41, 5.74) is 0.210. The van der Waals surface area contributed by atoms with Crippen LogP contribution in [0.1, 0.15) is 6.92 Å². The Hall–Kier alpha value is -1.65. The third-order valence-electron chi connectivity index (χ3n) is 1.96. The van der Waals surface area contributed by atoms with Gasteiger partial charge in [0.1, 0.15) is 11.8 Å². The van der Waals surface area contributed by atoms with E-state index in [1.54, 1.807) is 0 Å². The largest absolute Gasteiger partial charge is 0.271 e. The Morgan fingerprint density at radius 2 is 2.00 bits per heavy atom. The first-order chi connectivity index (χ1) is 6.58. The summed E-state index contributed by atoms with van der Waals surface area (Å²) in [7, 11) is 0. The van der Waals surface area contributed by atoms with Crippen LogP contribution in [0, 0.1) is 5.92 Å². The first-order valence-corrected chi connectivity index (χ1v) is 4.00. The molecule has 0 N–H and O–H groups in total. The highest BCUT2D eigenvalue weighted by molar-refractivity contribution is 6.21. The zero-order valence-corrected chi connectivity index (χ0v) is 7.29. The van der Waals surface area contributed by atoms with Crippen LogP contribution in [0.15, 0.2) is 33.8 Å². The van der Waals surface area contributed by atoms with Crippen molar-refractivity contribution in [3.8, 4) is 0 Å². The molecule has 0 saturated heterocycles. The number of rotatable bonds is 0. The molecule has 3 nitrogen and oxygen atoms in total. The predicted molar refractivity (Wildman–Crippen MR) is 47.4 cm³/mol. The molecule has 0 bridgehead atoms. The fourth-order valence-electron chi connectivity index (χ4n) is 1.34. The smallest absolute Gasteiger partial charge is 0.260 e. The molecule has 0 aromatic heterocycles. The molecule has 1 unspecified atom stereocenters. The predicted octanol–water partition coefficient (Wildman–Crippen LogP) is 1.72. The van der Waals surface area contributed by atoms with Gasteiger partial charge in [0.25, 0.3) is 5.91 Å². The van der Waals surface area contributed by atoms with Crippen molar-refractivity contribution in [1.82, 2.24) is 0 Å². The van der Waals surface area contributed by atoms with E-state index in [1.165, 1.54) is 6.92 Å². The van der Waals surface area contributed by atoms with Crippen LogP contribution in [0.4, 0.5) is 8.78 Å². The summed E-state index contributed by atoms with van der Waals surface area (Å²) >= 11 is 0. The van der Waals surface area contributed by atoms with E-state index in [-0.39, 0.29) is 11.5 Å². The van der Waals surface area contributed by atoms with Crippen molar-refractivity contribution in [2.75, 3.05) is 0 Å². The molecule has 1 atom stereocenters. The maximum absolute atomic E-state index is 12.8. The van der Waals surface area contributed by atoms with E-state index < -0.39 is 23.5 Å². The number of halogens is 2. The van der Waals surface area contributed by atoms with E-state index >= 15 is 0 Å². The van der Waals surface area contributed by atoms with Gasteiger partial charge < -0.3 is 0 Å². The Bertz CT molecular complexity index is 432. The van der Waals surface area contributed by atoms with E-state index in [0.717, 1.165) is 12.2 Å². The highest BCUT2D eigenvalue weighted by atomic mass is 19.2. The van der Waals surface area contributed by atoms with Gasteiger partial charge in [-0.3, -0.25) is 4.79 Å². The molecule has 0 aromatic carbocycles. The second-order valence-electron chi connectivity index (χ2n) is 3.02. The lowest BCUT2D eigenvalue weighted by Crippen LogP contribution is -2.27. The number of hydrogen-bond donors (Lipinski definition) is 0. The molecule has 2 rings (SSSR count). The zero-order valence-electron chi connectivity index (χ0n) is 7.29. The van der Waals surface area contributed by atoms with Gasteiger partial charge in [-0.15, -0.1) is 0 Å². The average Bonchev–Trinajstić information content (AvgIpc) is 2.08. The van der Waals surface area contributed by atoms with E-state index in [2.05, 4.69) is 9.98 Å². The molecule has 1 heterocycles. The zero-order chi connectivity index (χ0) is 10.3. The topological polar surface area (TPSA) is 41.8 Å². The number of nitrogens with zero attached hydrogens (tertiary/aromatic N) is 2. The van der Waals surface area contributed by atoms with Crippen LogP contribution < -0.4 is 0 Å². The molecule has 0 radical (unpaired) electrons. The fourth-order valence-corrected chi connectivity index (χ4v) is 1.34. The molecule has 72 valence electrons. The van der Waals surface area contributed by atoms with E-state index in [0.29, 0.717) is 0 Å². The standard InChI is InChI=1S/C9H6F2N2O/c1-4-12-8-3-7(11)6(10)2-5(8)9(14)13-4/h2-3,5H,1H3. The number of carbonyl (C=O) groups excluding carboxylic acids is 1. The molecule has 0 saturated carbocycles. The number of allylic oxidation sites excluding steroid dienone is 3. The molecule has 14 heavy (non-hydrogen) atoms. The first-order valence-electron chi connectivity index (χ1n) is 4.00. The summed E-state index contributed by atoms with van der Waals surface area (Å²) in [4.78, 5) is 18.7. The van der Waals surface area contributed by atoms with Gasteiger partial charge in [-0.25, -0.2) is 13.8 Å². The third kappa shape index (κ3) is 1.30. The molecule has 1 amide bonds. The Kier molecular flexibility index (Phi) is 1.87. The molecular weight excluding hydrogens is 190 g/mol. The lowest BCUT2D eigenvalue weighted by Gasteiger charge is -2.17. The average molecular weight is 196 g/mol. The number of hydrogen-bond acceptors (Lipinski definition) is 2. The van der Waals surface area contributed by atoms with Gasteiger partial charge in [0.15, 0.2) is 11.7 Å². The van der Waals surface area contributed by atoms with Crippen LogP contribution in [0.5, 0.6) is 0 Å². The molecule has 1 aliphatic heterocycles. The maximum Gasteiger partial charge on any atom is 0.260 e. The number of aliphatic imine (C=N–C) groups is 2. The van der Waals surface area contributed by atoms with Crippen LogP contribution in [0.3, 0.4) is 0 Å². The van der Waals surface area contributed by atoms with Gasteiger partial charge in [-0.2, -0.15) is 4.99 Å². The van der Waals surface area contributed by atoms with Crippen molar-refractivity contribution in [1.29, 1.82) is 0 Å². The molecule has 0 spiro atoms. The molecule has 2 aliphatic rings. The second kappa shape index (κ2) is 2.94. The van der Waals surface area contributed by atoms with Crippen molar-refractivity contribution in [3.05, 3.63) is 23.8 Å². The molecule has 1 aliphatic carbocycles. The first kappa shape index (κ1) is 8.93. The van der Waals surface area contributed by atoms with E-state index in [9.17, 15) is 13.6 Å². The number of amidine groups is 1. The summed E-state index contributed by atoms with van der Waals surface area (Å²) in [6.45, 7) is 1.53. The number of amides is 1. The van der Waals surface area contributed by atoms with Gasteiger partial charge in [-0.05, 0) is 19.1 Å². The van der Waals surface area contributed by atoms with Crippen LogP contribution >= 0.6 is 0 Å². The Morgan fingerprint density at radius 1 is 1.29 bits per heavy atom. The minimum absolute atomic E-state index is 0.210. The van der Waals surface area contributed by atoms with Crippen molar-refractivity contribution < 1.29 is 13.6 Å². The van der Waals surface area contributed by atoms with Crippen LogP contribution in [-0.4, -0.2) is 17.5 Å². The monoisotopic (exact) mass is 196 g/mol. The molecule has 0 fully saturated rings. The van der Waals surface area contributed by atoms with E-state index in [4.69, 9.17) is 0 Å². The molecule has 5 heteroatoms. The normalized spacial score (nSPS) is 25.9. The molecule has 0 aromatic rings. The minimum Gasteiger partial charge on any atom is -0.271 e. The van der Waals surface area contributed by atoms with Crippen LogP contribution in [0.2, 0.25) is 0 Å². The van der Waals surface area contributed by atoms with Gasteiger partial charge >= 0.3 is 0 Å². The van der Waals surface area contributed by atoms with Crippen molar-refractivity contribution in [3.63, 3.8) is 0 Å². The highest BCUT2D eigenvalue weighted by Gasteiger charge is 2.29. The minimum atomic E-state index is -1.03. The van der Waals surface area contributed by atoms with Gasteiger partial charge in [0.2, 0.25) is 0 Å². The third-order valence-corrected chi connectivity index (χ3v) is 1.96. The Morgan fingerprint density at radius 3 is 2.71 bits per heavy atom. The van der Waals surface area contributed by atoms with Crippen molar-refractivity contribution >= 4 is 17.5 Å². The Labute approximate surface area is 78.6 Å². The lowest BCUT2D eigenvalue weighted by molar-refractivity contribution is -0.118. The maximum atomic E-state index is 12.8. The highest BCUT2D eigenvalue weighted by Crippen LogP contribution is 2.26. The van der Waals surface area contributed by atoms with Crippen molar-refractivity contribution in [2.45, 2.75) is 6.92 Å². The van der Waals surface area contributed by atoms with Crippen LogP contribution in [0.25, 0.3) is 0 Å². The fraction of sp³-hybridized carbons (Fsp3) is 0.222. The summed E-state index contributed by atoms with van der Waals surface area (Å²) in [5.74, 6) is -3.13. The number of carbonyl (C=O) groups is 1. The number of fused-ring (bicyclic) bond motifs is 1. The van der Waals surface area contributed by atoms with E-state index in [1.807, 2.05) is 0 Å². The summed E-state index contributed by atoms with van der Waals surface area (Å²) in [5, 5.41) is 0.